The molecule has 0 fully saturated rings. The Morgan fingerprint density at radius 2 is 1.75 bits per heavy atom. The Morgan fingerprint density at radius 3 is 2.35 bits per heavy atom. The van der Waals surface area contributed by atoms with Crippen molar-refractivity contribution in [3.05, 3.63) is 65.2 Å². The molecule has 0 radical (unpaired) electrons. The zero-order valence-corrected chi connectivity index (χ0v) is 11.0. The van der Waals surface area contributed by atoms with Gasteiger partial charge in [-0.15, -0.1) is 0 Å². The highest BCUT2D eigenvalue weighted by atomic mass is 19.3. The zero-order valence-electron chi connectivity index (χ0n) is 11.0. The molecule has 0 aromatic heterocycles. The van der Waals surface area contributed by atoms with E-state index in [2.05, 4.69) is 4.74 Å². The van der Waals surface area contributed by atoms with Crippen LogP contribution in [0, 0.1) is 0 Å². The van der Waals surface area contributed by atoms with Crippen molar-refractivity contribution in [2.45, 2.75) is 20.0 Å². The molecule has 0 saturated carbocycles. The predicted octanol–water partition coefficient (Wildman–Crippen LogP) is 4.08. The molecule has 2 aromatic carbocycles. The zero-order chi connectivity index (χ0) is 14.5. The average molecular weight is 276 g/mol. The van der Waals surface area contributed by atoms with Crippen LogP contribution in [0.25, 0.3) is 0 Å². The molecule has 0 aliphatic carbocycles. The molecule has 2 nitrogen and oxygen atoms in total. The molecular formula is C16H14F2O2. The van der Waals surface area contributed by atoms with E-state index in [9.17, 15) is 13.6 Å². The molecule has 0 aliphatic heterocycles. The Labute approximate surface area is 116 Å². The third kappa shape index (κ3) is 3.20. The smallest absolute Gasteiger partial charge is 0.387 e. The number of carbonyl (C=O) groups excluding carboxylic acids is 1. The SMILES string of the molecule is CCc1ccc(C(=O)c2ccccc2OC(F)F)cc1. The van der Waals surface area contributed by atoms with Crippen molar-refractivity contribution in [2.24, 2.45) is 0 Å². The highest BCUT2D eigenvalue weighted by molar-refractivity contribution is 6.10. The second kappa shape index (κ2) is 6.28. The summed E-state index contributed by atoms with van der Waals surface area (Å²) < 4.78 is 29.0. The van der Waals surface area contributed by atoms with E-state index in [4.69, 9.17) is 0 Å². The molecule has 0 amide bonds. The van der Waals surface area contributed by atoms with Crippen molar-refractivity contribution in [3.63, 3.8) is 0 Å². The molecule has 4 heteroatoms. The number of para-hydroxylation sites is 1. The topological polar surface area (TPSA) is 26.3 Å². The molecule has 0 spiro atoms. The first-order chi connectivity index (χ1) is 9.61. The molecule has 2 rings (SSSR count). The van der Waals surface area contributed by atoms with Crippen LogP contribution in [-0.4, -0.2) is 12.4 Å². The average Bonchev–Trinajstić information content (AvgIpc) is 2.46. The van der Waals surface area contributed by atoms with Crippen molar-refractivity contribution in [3.8, 4) is 5.75 Å². The number of ether oxygens (including phenoxy) is 1. The summed E-state index contributed by atoms with van der Waals surface area (Å²) in [6.07, 6.45) is 0.875. The van der Waals surface area contributed by atoms with E-state index in [0.29, 0.717) is 5.56 Å². The molecule has 0 bridgehead atoms. The lowest BCUT2D eigenvalue weighted by Gasteiger charge is -2.10. The van der Waals surface area contributed by atoms with Crippen molar-refractivity contribution >= 4 is 5.78 Å². The summed E-state index contributed by atoms with van der Waals surface area (Å²) in [5.74, 6) is -0.434. The van der Waals surface area contributed by atoms with Crippen molar-refractivity contribution < 1.29 is 18.3 Å². The number of hydrogen-bond donors (Lipinski definition) is 0. The fourth-order valence-corrected chi connectivity index (χ4v) is 1.90. The van der Waals surface area contributed by atoms with Gasteiger partial charge in [-0.25, -0.2) is 0 Å². The van der Waals surface area contributed by atoms with E-state index in [1.54, 1.807) is 24.3 Å². The molecule has 0 heterocycles. The van der Waals surface area contributed by atoms with Crippen molar-refractivity contribution in [2.75, 3.05) is 0 Å². The highest BCUT2D eigenvalue weighted by Gasteiger charge is 2.16. The van der Waals surface area contributed by atoms with Crippen LogP contribution < -0.4 is 4.74 Å². The van der Waals surface area contributed by atoms with Crippen LogP contribution in [-0.2, 0) is 6.42 Å². The van der Waals surface area contributed by atoms with E-state index >= 15 is 0 Å². The van der Waals surface area contributed by atoms with Crippen LogP contribution in [0.15, 0.2) is 48.5 Å². The summed E-state index contributed by atoms with van der Waals surface area (Å²) in [4.78, 5) is 12.3. The molecule has 0 saturated heterocycles. The first kappa shape index (κ1) is 14.2. The molecule has 0 atom stereocenters. The van der Waals surface area contributed by atoms with Crippen molar-refractivity contribution in [1.29, 1.82) is 0 Å². The normalized spacial score (nSPS) is 10.6. The minimum Gasteiger partial charge on any atom is -0.434 e. The Balaban J connectivity index is 2.32. The van der Waals surface area contributed by atoms with Gasteiger partial charge >= 0.3 is 6.61 Å². The maximum Gasteiger partial charge on any atom is 0.387 e. The lowest BCUT2D eigenvalue weighted by atomic mass is 10.0. The minimum atomic E-state index is -2.95. The molecule has 0 N–H and O–H groups in total. The van der Waals surface area contributed by atoms with E-state index in [-0.39, 0.29) is 17.1 Å². The van der Waals surface area contributed by atoms with Gasteiger partial charge in [0.15, 0.2) is 5.78 Å². The summed E-state index contributed by atoms with van der Waals surface area (Å²) in [6.45, 7) is -0.936. The van der Waals surface area contributed by atoms with Crippen LogP contribution in [0.1, 0.15) is 28.4 Å². The fraction of sp³-hybridized carbons (Fsp3) is 0.188. The van der Waals surface area contributed by atoms with E-state index < -0.39 is 6.61 Å². The monoisotopic (exact) mass is 276 g/mol. The number of carbonyl (C=O) groups is 1. The van der Waals surface area contributed by atoms with Gasteiger partial charge in [-0.1, -0.05) is 43.3 Å². The summed E-state index contributed by atoms with van der Waals surface area (Å²) in [7, 11) is 0. The van der Waals surface area contributed by atoms with Crippen LogP contribution in [0.4, 0.5) is 8.78 Å². The molecular weight excluding hydrogens is 262 g/mol. The minimum absolute atomic E-state index is 0.105. The molecule has 2 aromatic rings. The molecule has 0 aliphatic rings. The van der Waals surface area contributed by atoms with E-state index in [1.807, 2.05) is 19.1 Å². The number of benzene rings is 2. The summed E-state index contributed by atoms with van der Waals surface area (Å²) in [5.41, 5.74) is 1.70. The number of alkyl halides is 2. The second-order valence-corrected chi connectivity index (χ2v) is 4.25. The van der Waals surface area contributed by atoms with Gasteiger partial charge in [0, 0.05) is 5.56 Å². The molecule has 0 unspecified atom stereocenters. The van der Waals surface area contributed by atoms with Gasteiger partial charge < -0.3 is 4.74 Å². The van der Waals surface area contributed by atoms with Gasteiger partial charge in [0.25, 0.3) is 0 Å². The van der Waals surface area contributed by atoms with Gasteiger partial charge in [-0.2, -0.15) is 8.78 Å². The first-order valence-corrected chi connectivity index (χ1v) is 6.29. The Hall–Kier alpha value is -2.23. The number of halogens is 2. The van der Waals surface area contributed by atoms with E-state index in [1.165, 1.54) is 12.1 Å². The van der Waals surface area contributed by atoms with Gasteiger partial charge in [0.1, 0.15) is 5.75 Å². The number of aryl methyl sites for hydroxylation is 1. The second-order valence-electron chi connectivity index (χ2n) is 4.25. The molecule has 20 heavy (non-hydrogen) atoms. The molecule has 104 valence electrons. The maximum atomic E-state index is 12.3. The third-order valence-corrected chi connectivity index (χ3v) is 2.97. The Bertz CT molecular complexity index is 592. The first-order valence-electron chi connectivity index (χ1n) is 6.29. The quantitative estimate of drug-likeness (QED) is 0.769. The lowest BCUT2D eigenvalue weighted by Crippen LogP contribution is -2.08. The number of hydrogen-bond acceptors (Lipinski definition) is 2. The predicted molar refractivity (Wildman–Crippen MR) is 72.3 cm³/mol. The Kier molecular flexibility index (Phi) is 4.45. The third-order valence-electron chi connectivity index (χ3n) is 2.97. The van der Waals surface area contributed by atoms with Gasteiger partial charge in [0.05, 0.1) is 5.56 Å². The maximum absolute atomic E-state index is 12.3. The van der Waals surface area contributed by atoms with E-state index in [0.717, 1.165) is 12.0 Å². The van der Waals surface area contributed by atoms with Crippen LogP contribution in [0.3, 0.4) is 0 Å². The van der Waals surface area contributed by atoms with Gasteiger partial charge in [-0.05, 0) is 24.1 Å². The number of ketones is 1. The Morgan fingerprint density at radius 1 is 1.10 bits per heavy atom. The number of rotatable bonds is 5. The highest BCUT2D eigenvalue weighted by Crippen LogP contribution is 2.23. The standard InChI is InChI=1S/C16H14F2O2/c1-2-11-7-9-12(10-8-11)15(19)13-5-3-4-6-14(13)20-16(17)18/h3-10,16H,2H2,1H3. The van der Waals surface area contributed by atoms with Crippen molar-refractivity contribution in [1.82, 2.24) is 0 Å². The van der Waals surface area contributed by atoms with Gasteiger partial charge in [0.2, 0.25) is 0 Å². The lowest BCUT2D eigenvalue weighted by molar-refractivity contribution is -0.0501. The summed E-state index contributed by atoms with van der Waals surface area (Å²) in [6, 6.07) is 13.1. The largest absolute Gasteiger partial charge is 0.434 e. The van der Waals surface area contributed by atoms with Gasteiger partial charge in [-0.3, -0.25) is 4.79 Å². The summed E-state index contributed by atoms with van der Waals surface area (Å²) >= 11 is 0. The van der Waals surface area contributed by atoms with Crippen LogP contribution in [0.5, 0.6) is 5.75 Å². The van der Waals surface area contributed by atoms with Crippen LogP contribution >= 0.6 is 0 Å². The summed E-state index contributed by atoms with van der Waals surface area (Å²) in [5, 5.41) is 0. The van der Waals surface area contributed by atoms with Crippen LogP contribution in [0.2, 0.25) is 0 Å². The fourth-order valence-electron chi connectivity index (χ4n) is 1.90.